The maximum atomic E-state index is 12.6. The fraction of sp³-hybridized carbons (Fsp3) is 0.261. The van der Waals surface area contributed by atoms with Crippen molar-refractivity contribution in [2.45, 2.75) is 19.4 Å². The first kappa shape index (κ1) is 22.3. The van der Waals surface area contributed by atoms with E-state index in [1.807, 2.05) is 55.5 Å². The third-order valence-corrected chi connectivity index (χ3v) is 5.60. The average Bonchev–Trinajstić information content (AvgIpc) is 3.25. The number of carbonyl (C=O) groups is 2. The van der Waals surface area contributed by atoms with Crippen molar-refractivity contribution in [1.82, 2.24) is 15.2 Å². The van der Waals surface area contributed by atoms with Crippen LogP contribution in [0.15, 0.2) is 60.8 Å². The van der Waals surface area contributed by atoms with Crippen molar-refractivity contribution in [3.8, 4) is 16.2 Å². The van der Waals surface area contributed by atoms with Crippen LogP contribution in [0.5, 0.6) is 5.75 Å². The van der Waals surface area contributed by atoms with Crippen LogP contribution < -0.4 is 15.4 Å². The van der Waals surface area contributed by atoms with Gasteiger partial charge in [0.15, 0.2) is 11.7 Å². The van der Waals surface area contributed by atoms with E-state index >= 15 is 0 Å². The molecule has 3 amide bonds. The van der Waals surface area contributed by atoms with Crippen LogP contribution in [0.4, 0.5) is 9.93 Å². The predicted molar refractivity (Wildman–Crippen MR) is 123 cm³/mol. The van der Waals surface area contributed by atoms with Crippen LogP contribution >= 0.6 is 11.3 Å². The molecular formula is C23H26N4O3S. The van der Waals surface area contributed by atoms with Gasteiger partial charge in [-0.15, -0.1) is 0 Å². The number of carbonyl (C=O) groups excluding carboxylic acids is 2. The van der Waals surface area contributed by atoms with Crippen molar-refractivity contribution in [2.75, 3.05) is 26.0 Å². The number of anilines is 1. The fourth-order valence-electron chi connectivity index (χ4n) is 2.93. The minimum absolute atomic E-state index is 0.0615. The van der Waals surface area contributed by atoms with E-state index in [1.165, 1.54) is 16.2 Å². The van der Waals surface area contributed by atoms with Gasteiger partial charge in [-0.25, -0.2) is 9.78 Å². The van der Waals surface area contributed by atoms with E-state index < -0.39 is 0 Å². The molecule has 162 valence electrons. The lowest BCUT2D eigenvalue weighted by Crippen LogP contribution is -2.33. The summed E-state index contributed by atoms with van der Waals surface area (Å²) < 4.78 is 5.72. The molecule has 3 rings (SSSR count). The van der Waals surface area contributed by atoms with Crippen LogP contribution in [0.2, 0.25) is 0 Å². The van der Waals surface area contributed by atoms with Gasteiger partial charge in [-0.1, -0.05) is 66.8 Å². The number of rotatable bonds is 8. The Labute approximate surface area is 186 Å². The van der Waals surface area contributed by atoms with Crippen molar-refractivity contribution in [2.24, 2.45) is 0 Å². The van der Waals surface area contributed by atoms with E-state index in [-0.39, 0.29) is 24.6 Å². The molecule has 1 atom stereocenters. The van der Waals surface area contributed by atoms with Crippen molar-refractivity contribution < 1.29 is 14.3 Å². The summed E-state index contributed by atoms with van der Waals surface area (Å²) in [6.07, 6.45) is 2.40. The lowest BCUT2D eigenvalue weighted by Gasteiger charge is -2.21. The van der Waals surface area contributed by atoms with Crippen LogP contribution in [0, 0.1) is 0 Å². The smallest absolute Gasteiger partial charge is 0.321 e. The van der Waals surface area contributed by atoms with Crippen molar-refractivity contribution in [1.29, 1.82) is 0 Å². The number of amides is 3. The number of likely N-dealkylation sites (N-methyl/N-ethyl adjacent to an activating group) is 1. The molecule has 2 N–H and O–H groups in total. The number of nitrogens with zero attached hydrogens (tertiary/aromatic N) is 2. The lowest BCUT2D eigenvalue weighted by atomic mass is 10.0. The quantitative estimate of drug-likeness (QED) is 0.540. The minimum Gasteiger partial charge on any atom is -0.483 e. The first-order chi connectivity index (χ1) is 15.0. The van der Waals surface area contributed by atoms with Gasteiger partial charge in [0.25, 0.3) is 5.91 Å². The topological polar surface area (TPSA) is 83.6 Å². The molecule has 0 aliphatic heterocycles. The SMILES string of the molecule is CCC(NC(=O)Nc1ncc(-c2ccccc2)s1)c1ccccc1OCC(=O)N(C)C. The molecule has 7 nitrogen and oxygen atoms in total. The lowest BCUT2D eigenvalue weighted by molar-refractivity contribution is -0.130. The normalized spacial score (nSPS) is 11.5. The number of nitrogens with one attached hydrogen (secondary N) is 2. The molecule has 1 heterocycles. The highest BCUT2D eigenvalue weighted by atomic mass is 32.1. The van der Waals surface area contributed by atoms with Crippen LogP contribution in [-0.4, -0.2) is 42.5 Å². The van der Waals surface area contributed by atoms with E-state index in [4.69, 9.17) is 4.74 Å². The number of aromatic nitrogens is 1. The predicted octanol–water partition coefficient (Wildman–Crippen LogP) is 4.55. The first-order valence-electron chi connectivity index (χ1n) is 9.98. The van der Waals surface area contributed by atoms with Crippen molar-refractivity contribution >= 4 is 28.4 Å². The standard InChI is InChI=1S/C23H26N4O3S/c1-4-18(17-12-8-9-13-19(17)30-15-21(28)27(2)3)25-22(29)26-23-24-14-20(31-23)16-10-6-5-7-11-16/h5-14,18H,4,15H2,1-3H3,(H2,24,25,26,29). The summed E-state index contributed by atoms with van der Waals surface area (Å²) in [7, 11) is 3.36. The van der Waals surface area contributed by atoms with Crippen molar-refractivity contribution in [3.63, 3.8) is 0 Å². The Kier molecular flexibility index (Phi) is 7.61. The molecule has 0 aliphatic carbocycles. The number of para-hydroxylation sites is 1. The molecule has 0 radical (unpaired) electrons. The average molecular weight is 439 g/mol. The summed E-state index contributed by atoms with van der Waals surface area (Å²) in [6, 6.07) is 16.7. The van der Waals surface area contributed by atoms with Gasteiger partial charge in [0.05, 0.1) is 10.9 Å². The molecule has 1 unspecified atom stereocenters. The Morgan fingerprint density at radius 1 is 1.10 bits per heavy atom. The number of urea groups is 1. The van der Waals surface area contributed by atoms with Gasteiger partial charge in [-0.05, 0) is 18.1 Å². The van der Waals surface area contributed by atoms with Gasteiger partial charge in [-0.2, -0.15) is 0 Å². The zero-order valence-electron chi connectivity index (χ0n) is 17.8. The van der Waals surface area contributed by atoms with Gasteiger partial charge in [0, 0.05) is 25.9 Å². The molecule has 31 heavy (non-hydrogen) atoms. The second-order valence-corrected chi connectivity index (χ2v) is 8.10. The van der Waals surface area contributed by atoms with Crippen molar-refractivity contribution in [3.05, 3.63) is 66.4 Å². The third-order valence-electron chi connectivity index (χ3n) is 4.64. The summed E-state index contributed by atoms with van der Waals surface area (Å²) in [4.78, 5) is 31.2. The maximum absolute atomic E-state index is 12.6. The van der Waals surface area contributed by atoms with Gasteiger partial charge in [-0.3, -0.25) is 10.1 Å². The minimum atomic E-state index is -0.347. The second-order valence-electron chi connectivity index (χ2n) is 7.07. The van der Waals surface area contributed by atoms with Crippen LogP contribution in [0.1, 0.15) is 24.9 Å². The van der Waals surface area contributed by atoms with Gasteiger partial charge < -0.3 is 15.0 Å². The summed E-state index contributed by atoms with van der Waals surface area (Å²) in [5, 5.41) is 6.30. The number of thiazole rings is 1. The zero-order valence-corrected chi connectivity index (χ0v) is 18.6. The molecule has 3 aromatic rings. The molecule has 2 aromatic carbocycles. The Morgan fingerprint density at radius 2 is 1.81 bits per heavy atom. The Morgan fingerprint density at radius 3 is 2.52 bits per heavy atom. The highest BCUT2D eigenvalue weighted by Crippen LogP contribution is 2.30. The number of ether oxygens (including phenoxy) is 1. The fourth-order valence-corrected chi connectivity index (χ4v) is 3.74. The summed E-state index contributed by atoms with van der Waals surface area (Å²) in [5.41, 5.74) is 1.87. The van der Waals surface area contributed by atoms with E-state index in [1.54, 1.807) is 26.4 Å². The molecule has 0 saturated heterocycles. The number of benzene rings is 2. The molecule has 1 aromatic heterocycles. The zero-order chi connectivity index (χ0) is 22.2. The molecule has 0 aliphatic rings. The second kappa shape index (κ2) is 10.6. The molecule has 0 fully saturated rings. The van der Waals surface area contributed by atoms with E-state index in [0.717, 1.165) is 16.0 Å². The van der Waals surface area contributed by atoms with E-state index in [9.17, 15) is 9.59 Å². The highest BCUT2D eigenvalue weighted by molar-refractivity contribution is 7.19. The molecule has 0 spiro atoms. The first-order valence-corrected chi connectivity index (χ1v) is 10.8. The summed E-state index contributed by atoms with van der Waals surface area (Å²) >= 11 is 1.41. The highest BCUT2D eigenvalue weighted by Gasteiger charge is 2.18. The van der Waals surface area contributed by atoms with Gasteiger partial charge >= 0.3 is 6.03 Å². The molecule has 0 saturated carbocycles. The van der Waals surface area contributed by atoms with E-state index in [0.29, 0.717) is 17.3 Å². The molecule has 8 heteroatoms. The Hall–Kier alpha value is -3.39. The third kappa shape index (κ3) is 6.05. The Balaban J connectivity index is 1.65. The number of hydrogen-bond acceptors (Lipinski definition) is 5. The van der Waals surface area contributed by atoms with Crippen LogP contribution in [0.3, 0.4) is 0 Å². The summed E-state index contributed by atoms with van der Waals surface area (Å²) in [6.45, 7) is 1.91. The number of hydrogen-bond donors (Lipinski definition) is 2. The maximum Gasteiger partial charge on any atom is 0.321 e. The van der Waals surface area contributed by atoms with Crippen LogP contribution in [-0.2, 0) is 4.79 Å². The Bertz CT molecular complexity index is 1020. The summed E-state index contributed by atoms with van der Waals surface area (Å²) in [5.74, 6) is 0.442. The molecule has 0 bridgehead atoms. The molecular weight excluding hydrogens is 412 g/mol. The largest absolute Gasteiger partial charge is 0.483 e. The van der Waals surface area contributed by atoms with Crippen LogP contribution in [0.25, 0.3) is 10.4 Å². The van der Waals surface area contributed by atoms with E-state index in [2.05, 4.69) is 15.6 Å². The monoisotopic (exact) mass is 438 g/mol. The van der Waals surface area contributed by atoms with Gasteiger partial charge in [0.1, 0.15) is 5.75 Å². The van der Waals surface area contributed by atoms with Gasteiger partial charge in [0.2, 0.25) is 0 Å².